The van der Waals surface area contributed by atoms with E-state index in [9.17, 15) is 9.90 Å². The molecule has 1 N–H and O–H groups in total. The first-order valence-corrected chi connectivity index (χ1v) is 5.32. The third kappa shape index (κ3) is 1.88. The molecule has 0 saturated carbocycles. The zero-order chi connectivity index (χ0) is 11.6. The summed E-state index contributed by atoms with van der Waals surface area (Å²) in [4.78, 5) is 11.5. The lowest BCUT2D eigenvalue weighted by Crippen LogP contribution is -2.48. The van der Waals surface area contributed by atoms with Crippen molar-refractivity contribution in [3.63, 3.8) is 0 Å². The van der Waals surface area contributed by atoms with Gasteiger partial charge in [-0.1, -0.05) is 18.2 Å². The Hall–Kier alpha value is -1.55. The molecule has 0 aromatic heterocycles. The largest absolute Gasteiger partial charge is 0.461 e. The Balaban J connectivity index is 2.21. The third-order valence-electron chi connectivity index (χ3n) is 2.58. The van der Waals surface area contributed by atoms with Gasteiger partial charge in [0.1, 0.15) is 5.75 Å². The summed E-state index contributed by atoms with van der Waals surface area (Å²) in [7, 11) is 0. The van der Waals surface area contributed by atoms with E-state index in [0.717, 1.165) is 5.56 Å². The molecule has 1 heterocycles. The van der Waals surface area contributed by atoms with Gasteiger partial charge in [-0.3, -0.25) is 0 Å². The first kappa shape index (κ1) is 11.0. The van der Waals surface area contributed by atoms with Gasteiger partial charge in [-0.25, -0.2) is 4.79 Å². The zero-order valence-corrected chi connectivity index (χ0v) is 9.10. The van der Waals surface area contributed by atoms with Gasteiger partial charge in [0.2, 0.25) is 0 Å². The van der Waals surface area contributed by atoms with Crippen molar-refractivity contribution in [1.82, 2.24) is 0 Å². The van der Waals surface area contributed by atoms with Gasteiger partial charge in [0.05, 0.1) is 6.61 Å². The van der Waals surface area contributed by atoms with E-state index in [-0.39, 0.29) is 13.0 Å². The van der Waals surface area contributed by atoms with Crippen LogP contribution in [0.4, 0.5) is 0 Å². The number of carbonyl (C=O) groups is 1. The lowest BCUT2D eigenvalue weighted by atomic mass is 10.00. The predicted octanol–water partition coefficient (Wildman–Crippen LogP) is 1.26. The van der Waals surface area contributed by atoms with Crippen molar-refractivity contribution in [2.45, 2.75) is 25.6 Å². The number of benzene rings is 1. The van der Waals surface area contributed by atoms with Gasteiger partial charge in [-0.05, 0) is 25.0 Å². The van der Waals surface area contributed by atoms with Gasteiger partial charge in [0, 0.05) is 6.42 Å². The molecule has 2 rings (SSSR count). The maximum atomic E-state index is 11.5. The van der Waals surface area contributed by atoms with E-state index in [1.54, 1.807) is 19.1 Å². The van der Waals surface area contributed by atoms with E-state index in [2.05, 4.69) is 0 Å². The minimum absolute atomic E-state index is 0.225. The maximum Gasteiger partial charge on any atom is 0.379 e. The van der Waals surface area contributed by atoms with Crippen molar-refractivity contribution in [2.75, 3.05) is 6.61 Å². The van der Waals surface area contributed by atoms with Crippen LogP contribution in [-0.4, -0.2) is 23.5 Å². The number of carbonyl (C=O) groups excluding carboxylic acids is 1. The van der Waals surface area contributed by atoms with E-state index in [1.807, 2.05) is 12.1 Å². The van der Waals surface area contributed by atoms with Crippen molar-refractivity contribution in [1.29, 1.82) is 0 Å². The second-order valence-corrected chi connectivity index (χ2v) is 3.71. The molecular weight excluding hydrogens is 208 g/mol. The number of aryl methyl sites for hydroxylation is 1. The standard InChI is InChI=1S/C12H14O4/c1-2-15-11(13)12(14)8-7-9-5-3-4-6-10(9)16-12/h3-6,14H,2,7-8H2,1H3. The van der Waals surface area contributed by atoms with Crippen molar-refractivity contribution in [3.05, 3.63) is 29.8 Å². The smallest absolute Gasteiger partial charge is 0.379 e. The number of esters is 1. The third-order valence-corrected chi connectivity index (χ3v) is 2.58. The Labute approximate surface area is 93.8 Å². The molecule has 0 saturated heterocycles. The van der Waals surface area contributed by atoms with E-state index in [4.69, 9.17) is 9.47 Å². The number of ether oxygens (including phenoxy) is 2. The highest BCUT2D eigenvalue weighted by atomic mass is 16.7. The molecule has 0 amide bonds. The Morgan fingerprint density at radius 1 is 1.56 bits per heavy atom. The predicted molar refractivity (Wildman–Crippen MR) is 57.0 cm³/mol. The summed E-state index contributed by atoms with van der Waals surface area (Å²) in [6, 6.07) is 7.35. The number of fused-ring (bicyclic) bond motifs is 1. The van der Waals surface area contributed by atoms with Crippen LogP contribution in [0.15, 0.2) is 24.3 Å². The summed E-state index contributed by atoms with van der Waals surface area (Å²) >= 11 is 0. The number of para-hydroxylation sites is 1. The van der Waals surface area contributed by atoms with Crippen LogP contribution in [-0.2, 0) is 16.0 Å². The van der Waals surface area contributed by atoms with Crippen LogP contribution in [0.25, 0.3) is 0 Å². The normalized spacial score (nSPS) is 23.1. The van der Waals surface area contributed by atoms with Crippen LogP contribution in [0.1, 0.15) is 18.9 Å². The number of hydrogen-bond acceptors (Lipinski definition) is 4. The number of aliphatic hydroxyl groups is 1. The Morgan fingerprint density at radius 3 is 3.06 bits per heavy atom. The first-order chi connectivity index (χ1) is 7.65. The fourth-order valence-corrected chi connectivity index (χ4v) is 1.73. The summed E-state index contributed by atoms with van der Waals surface area (Å²) in [6.07, 6.45) is 0.828. The van der Waals surface area contributed by atoms with Crippen molar-refractivity contribution >= 4 is 5.97 Å². The average Bonchev–Trinajstić information content (AvgIpc) is 2.29. The first-order valence-electron chi connectivity index (χ1n) is 5.32. The summed E-state index contributed by atoms with van der Waals surface area (Å²) in [6.45, 7) is 1.92. The second kappa shape index (κ2) is 4.14. The summed E-state index contributed by atoms with van der Waals surface area (Å²) in [5.74, 6) is -2.00. The van der Waals surface area contributed by atoms with Crippen LogP contribution in [0.5, 0.6) is 5.75 Å². The van der Waals surface area contributed by atoms with E-state index in [0.29, 0.717) is 12.2 Å². The highest BCUT2D eigenvalue weighted by Gasteiger charge is 2.43. The van der Waals surface area contributed by atoms with Crippen molar-refractivity contribution in [2.24, 2.45) is 0 Å². The topological polar surface area (TPSA) is 55.8 Å². The van der Waals surface area contributed by atoms with Gasteiger partial charge < -0.3 is 14.6 Å². The summed E-state index contributed by atoms with van der Waals surface area (Å²) in [5, 5.41) is 10.0. The number of rotatable bonds is 2. The zero-order valence-electron chi connectivity index (χ0n) is 9.10. The number of hydrogen-bond donors (Lipinski definition) is 1. The van der Waals surface area contributed by atoms with Gasteiger partial charge in [-0.15, -0.1) is 0 Å². The van der Waals surface area contributed by atoms with Gasteiger partial charge in [-0.2, -0.15) is 0 Å². The van der Waals surface area contributed by atoms with E-state index in [1.165, 1.54) is 0 Å². The molecule has 16 heavy (non-hydrogen) atoms. The molecule has 1 atom stereocenters. The fourth-order valence-electron chi connectivity index (χ4n) is 1.73. The molecule has 4 nitrogen and oxygen atoms in total. The minimum Gasteiger partial charge on any atom is -0.461 e. The van der Waals surface area contributed by atoms with Crippen LogP contribution >= 0.6 is 0 Å². The molecule has 0 spiro atoms. The van der Waals surface area contributed by atoms with E-state index < -0.39 is 11.8 Å². The van der Waals surface area contributed by atoms with Crippen LogP contribution in [0.3, 0.4) is 0 Å². The molecule has 0 radical (unpaired) electrons. The van der Waals surface area contributed by atoms with Crippen molar-refractivity contribution in [3.8, 4) is 5.75 Å². The van der Waals surface area contributed by atoms with Crippen LogP contribution in [0, 0.1) is 0 Å². The fraction of sp³-hybridized carbons (Fsp3) is 0.417. The maximum absolute atomic E-state index is 11.5. The Morgan fingerprint density at radius 2 is 2.31 bits per heavy atom. The minimum atomic E-state index is -1.83. The van der Waals surface area contributed by atoms with Crippen LogP contribution < -0.4 is 4.74 Å². The van der Waals surface area contributed by atoms with Gasteiger partial charge in [0.25, 0.3) is 0 Å². The molecule has 0 aliphatic carbocycles. The van der Waals surface area contributed by atoms with Gasteiger partial charge in [0.15, 0.2) is 0 Å². The van der Waals surface area contributed by atoms with E-state index >= 15 is 0 Å². The summed E-state index contributed by atoms with van der Waals surface area (Å²) < 4.78 is 10.1. The summed E-state index contributed by atoms with van der Waals surface area (Å²) in [5.41, 5.74) is 0.997. The molecular formula is C12H14O4. The average molecular weight is 222 g/mol. The molecule has 4 heteroatoms. The Bertz CT molecular complexity index is 402. The monoisotopic (exact) mass is 222 g/mol. The molecule has 0 bridgehead atoms. The second-order valence-electron chi connectivity index (χ2n) is 3.71. The van der Waals surface area contributed by atoms with Crippen LogP contribution in [0.2, 0.25) is 0 Å². The molecule has 1 aliphatic heterocycles. The van der Waals surface area contributed by atoms with Crippen molar-refractivity contribution < 1.29 is 19.4 Å². The molecule has 0 fully saturated rings. The molecule has 1 aromatic rings. The van der Waals surface area contributed by atoms with Gasteiger partial charge >= 0.3 is 11.8 Å². The highest BCUT2D eigenvalue weighted by Crippen LogP contribution is 2.32. The quantitative estimate of drug-likeness (QED) is 0.765. The SMILES string of the molecule is CCOC(=O)C1(O)CCc2ccccc2O1. The molecule has 1 unspecified atom stereocenters. The lowest BCUT2D eigenvalue weighted by Gasteiger charge is -2.31. The Kier molecular flexibility index (Phi) is 2.83. The molecule has 1 aromatic carbocycles. The highest BCUT2D eigenvalue weighted by molar-refractivity contribution is 5.78. The molecule has 1 aliphatic rings. The lowest BCUT2D eigenvalue weighted by molar-refractivity contribution is -0.204. The molecule has 86 valence electrons.